The Labute approximate surface area is 166 Å². The molecule has 0 fully saturated rings. The molecule has 1 aromatic rings. The molecule has 1 rings (SSSR count). The Bertz CT molecular complexity index is 825. The molecule has 0 radical (unpaired) electrons. The first-order chi connectivity index (χ1) is 13.2. The zero-order valence-corrected chi connectivity index (χ0v) is 18.1. The lowest BCUT2D eigenvalue weighted by molar-refractivity contribution is -0.176. The molecule has 10 heteroatoms. The van der Waals surface area contributed by atoms with Gasteiger partial charge < -0.3 is 18.9 Å². The largest absolute Gasteiger partial charge is 0.337 e. The van der Waals surface area contributed by atoms with Gasteiger partial charge in [0.25, 0.3) is 5.53 Å². The van der Waals surface area contributed by atoms with E-state index in [4.69, 9.17) is 14.0 Å². The molecule has 8 nitrogen and oxygen atoms in total. The van der Waals surface area contributed by atoms with Gasteiger partial charge in [-0.3, -0.25) is 9.13 Å². The summed E-state index contributed by atoms with van der Waals surface area (Å²) < 4.78 is 40.5. The van der Waals surface area contributed by atoms with Crippen LogP contribution in [0.15, 0.2) is 12.1 Å². The van der Waals surface area contributed by atoms with Crippen LogP contribution < -0.4 is 0 Å². The van der Waals surface area contributed by atoms with E-state index in [1.54, 1.807) is 20.8 Å². The smallest absolute Gasteiger partial charge is 0.332 e. The monoisotopic (exact) mass is 426 g/mol. The molecule has 1 aromatic carbocycles. The fraction of sp³-hybridized carbons (Fsp3) is 0.556. The Morgan fingerprint density at radius 2 is 1.75 bits per heavy atom. The molecule has 1 N–H and O–H groups in total. The standard InChI is InChI=1S/C18H24N2O6P2/c1-5-13(4)26-28(22,23)12-16-8-15(11-20)17(9-14(16)10-19)18(27-21,24-6-2)25-7-3/h8-9,13H,5-7,12H2,1-4H3,(H,22,23). The molecule has 28 heavy (non-hydrogen) atoms. The summed E-state index contributed by atoms with van der Waals surface area (Å²) in [5.74, 6) is 0. The quantitative estimate of drug-likeness (QED) is 0.407. The van der Waals surface area contributed by atoms with Crippen LogP contribution in [0.1, 0.15) is 56.4 Å². The minimum absolute atomic E-state index is 0.0304. The highest BCUT2D eigenvalue weighted by molar-refractivity contribution is 7.52. The topological polar surface area (TPSA) is 130 Å². The average molecular weight is 426 g/mol. The van der Waals surface area contributed by atoms with E-state index in [1.807, 2.05) is 19.1 Å². The number of nitriles is 2. The van der Waals surface area contributed by atoms with Gasteiger partial charge in [-0.15, -0.1) is 0 Å². The predicted octanol–water partition coefficient (Wildman–Crippen LogP) is 4.41. The van der Waals surface area contributed by atoms with E-state index in [0.29, 0.717) is 6.42 Å². The highest BCUT2D eigenvalue weighted by atomic mass is 31.2. The molecule has 0 amide bonds. The van der Waals surface area contributed by atoms with Crippen molar-refractivity contribution in [3.63, 3.8) is 0 Å². The summed E-state index contributed by atoms with van der Waals surface area (Å²) in [6, 6.07) is 6.53. The van der Waals surface area contributed by atoms with E-state index in [9.17, 15) is 24.5 Å². The molecule has 0 aliphatic heterocycles. The van der Waals surface area contributed by atoms with Crippen molar-refractivity contribution in [1.82, 2.24) is 0 Å². The van der Waals surface area contributed by atoms with Crippen LogP contribution in [0.5, 0.6) is 0 Å². The molecule has 2 atom stereocenters. The second-order valence-corrected chi connectivity index (χ2v) is 8.51. The van der Waals surface area contributed by atoms with Crippen molar-refractivity contribution >= 4 is 16.1 Å². The van der Waals surface area contributed by atoms with Gasteiger partial charge in [-0.05, 0) is 44.9 Å². The lowest BCUT2D eigenvalue weighted by atomic mass is 9.99. The van der Waals surface area contributed by atoms with E-state index in [2.05, 4.69) is 0 Å². The number of hydrogen-bond acceptors (Lipinski definition) is 7. The van der Waals surface area contributed by atoms with Gasteiger partial charge in [0.15, 0.2) is 0 Å². The Hall–Kier alpha value is -1.63. The first kappa shape index (κ1) is 24.4. The third kappa shape index (κ3) is 5.93. The van der Waals surface area contributed by atoms with Crippen LogP contribution in [0.25, 0.3) is 0 Å². The van der Waals surface area contributed by atoms with E-state index < -0.39 is 33.8 Å². The van der Waals surface area contributed by atoms with Crippen molar-refractivity contribution in [1.29, 1.82) is 10.5 Å². The minimum atomic E-state index is -4.03. The molecule has 2 unspecified atom stereocenters. The van der Waals surface area contributed by atoms with Gasteiger partial charge in [0, 0.05) is 18.8 Å². The number of benzene rings is 1. The van der Waals surface area contributed by atoms with E-state index in [-0.39, 0.29) is 35.5 Å². The first-order valence-electron chi connectivity index (χ1n) is 8.82. The Kier molecular flexibility index (Phi) is 9.40. The Balaban J connectivity index is 3.52. The van der Waals surface area contributed by atoms with E-state index >= 15 is 0 Å². The first-order valence-corrected chi connectivity index (χ1v) is 11.4. The van der Waals surface area contributed by atoms with Gasteiger partial charge in [-0.25, -0.2) is 0 Å². The third-order valence-corrected chi connectivity index (χ3v) is 6.08. The van der Waals surface area contributed by atoms with Crippen molar-refractivity contribution in [3.05, 3.63) is 34.4 Å². The Morgan fingerprint density at radius 3 is 2.18 bits per heavy atom. The van der Waals surface area contributed by atoms with Gasteiger partial charge in [-0.1, -0.05) is 6.92 Å². The van der Waals surface area contributed by atoms with E-state index in [1.165, 1.54) is 12.1 Å². The molecule has 0 saturated carbocycles. The van der Waals surface area contributed by atoms with Crippen LogP contribution in [-0.4, -0.2) is 24.2 Å². The number of ether oxygens (including phenoxy) is 2. The molecule has 0 aliphatic carbocycles. The normalized spacial score (nSPS) is 14.8. The SMILES string of the molecule is CCOC(OCC)(P=O)c1cc(C#N)c(CP(=O)(O)OC(C)CC)cc1C#N. The van der Waals surface area contributed by atoms with Crippen molar-refractivity contribution in [2.24, 2.45) is 0 Å². The van der Waals surface area contributed by atoms with Crippen LogP contribution in [0.3, 0.4) is 0 Å². The molecule has 0 bridgehead atoms. The van der Waals surface area contributed by atoms with Gasteiger partial charge in [0.1, 0.15) is 0 Å². The van der Waals surface area contributed by atoms with Gasteiger partial charge in [0.2, 0.25) is 8.46 Å². The molecular formula is C18H24N2O6P2. The van der Waals surface area contributed by atoms with Crippen molar-refractivity contribution < 1.29 is 28.0 Å². The summed E-state index contributed by atoms with van der Waals surface area (Å²) in [6.45, 7) is 7.15. The van der Waals surface area contributed by atoms with Gasteiger partial charge in [-0.2, -0.15) is 10.5 Å². The van der Waals surface area contributed by atoms with Gasteiger partial charge >= 0.3 is 7.60 Å². The lowest BCUT2D eigenvalue weighted by Crippen LogP contribution is -2.28. The zero-order valence-electron chi connectivity index (χ0n) is 16.3. The summed E-state index contributed by atoms with van der Waals surface area (Å²) in [5.41, 5.74) is -1.37. The van der Waals surface area contributed by atoms with Crippen LogP contribution >= 0.6 is 16.1 Å². The summed E-state index contributed by atoms with van der Waals surface area (Å²) in [6.07, 6.45) is -0.314. The maximum Gasteiger partial charge on any atom is 0.332 e. The fourth-order valence-electron chi connectivity index (χ4n) is 2.53. The van der Waals surface area contributed by atoms with Crippen LogP contribution in [0.2, 0.25) is 0 Å². The molecule has 0 saturated heterocycles. The van der Waals surface area contributed by atoms with Crippen molar-refractivity contribution in [3.8, 4) is 12.1 Å². The van der Waals surface area contributed by atoms with Crippen LogP contribution in [0.4, 0.5) is 0 Å². The zero-order chi connectivity index (χ0) is 21.4. The number of hydrogen-bond donors (Lipinski definition) is 1. The lowest BCUT2D eigenvalue weighted by Gasteiger charge is -2.28. The van der Waals surface area contributed by atoms with Crippen molar-refractivity contribution in [2.45, 2.75) is 51.9 Å². The highest BCUT2D eigenvalue weighted by Gasteiger charge is 2.39. The summed E-state index contributed by atoms with van der Waals surface area (Å²) >= 11 is 0. The molecule has 0 heterocycles. The van der Waals surface area contributed by atoms with Crippen LogP contribution in [0, 0.1) is 22.7 Å². The molecular weight excluding hydrogens is 402 g/mol. The summed E-state index contributed by atoms with van der Waals surface area (Å²) in [4.78, 5) is 10.1. The second-order valence-electron chi connectivity index (χ2n) is 5.94. The number of nitrogens with zero attached hydrogens (tertiary/aromatic N) is 2. The molecule has 152 valence electrons. The van der Waals surface area contributed by atoms with Gasteiger partial charge in [0.05, 0.1) is 35.5 Å². The Morgan fingerprint density at radius 1 is 1.18 bits per heavy atom. The summed E-state index contributed by atoms with van der Waals surface area (Å²) in [5, 5.41) is 19.1. The maximum atomic E-state index is 12.4. The molecule has 0 aliphatic rings. The van der Waals surface area contributed by atoms with Crippen LogP contribution in [-0.2, 0) is 34.8 Å². The summed E-state index contributed by atoms with van der Waals surface area (Å²) in [7, 11) is -4.57. The predicted molar refractivity (Wildman–Crippen MR) is 103 cm³/mol. The molecule has 0 spiro atoms. The highest BCUT2D eigenvalue weighted by Crippen LogP contribution is 2.49. The average Bonchev–Trinajstić information content (AvgIpc) is 2.66. The maximum absolute atomic E-state index is 12.4. The minimum Gasteiger partial charge on any atom is -0.337 e. The number of rotatable bonds is 11. The molecule has 0 aromatic heterocycles. The van der Waals surface area contributed by atoms with Crippen molar-refractivity contribution in [2.75, 3.05) is 13.2 Å². The van der Waals surface area contributed by atoms with E-state index in [0.717, 1.165) is 0 Å². The fourth-order valence-corrected chi connectivity index (χ4v) is 4.66. The second kappa shape index (κ2) is 10.8. The third-order valence-electron chi connectivity index (χ3n) is 3.91.